The average molecular weight is 168 g/mol. The fourth-order valence-corrected chi connectivity index (χ4v) is 0.675. The van der Waals surface area contributed by atoms with E-state index >= 15 is 0 Å². The van der Waals surface area contributed by atoms with Crippen LogP contribution < -0.4 is 5.32 Å². The van der Waals surface area contributed by atoms with Gasteiger partial charge in [0.1, 0.15) is 0 Å². The van der Waals surface area contributed by atoms with Crippen LogP contribution in [0.2, 0.25) is 0 Å². The first-order valence-corrected chi connectivity index (χ1v) is 3.77. The Morgan fingerprint density at radius 3 is 2.75 bits per heavy atom. The lowest BCUT2D eigenvalue weighted by Gasteiger charge is -2.02. The van der Waals surface area contributed by atoms with Crippen molar-refractivity contribution in [3.05, 3.63) is 6.20 Å². The predicted octanol–water partition coefficient (Wildman–Crippen LogP) is 0.410. The van der Waals surface area contributed by atoms with Gasteiger partial charge in [-0.3, -0.25) is 9.48 Å². The SMILES string of the molecule is CC(C)C(=O)Nc1cn(C)nn1. The molecule has 12 heavy (non-hydrogen) atoms. The molecule has 5 nitrogen and oxygen atoms in total. The Balaban J connectivity index is 2.58. The zero-order valence-corrected chi connectivity index (χ0v) is 7.40. The van der Waals surface area contributed by atoms with Gasteiger partial charge in [0.2, 0.25) is 5.91 Å². The quantitative estimate of drug-likeness (QED) is 0.695. The zero-order valence-electron chi connectivity index (χ0n) is 7.40. The smallest absolute Gasteiger partial charge is 0.228 e. The number of anilines is 1. The molecule has 0 unspecified atom stereocenters. The summed E-state index contributed by atoms with van der Waals surface area (Å²) in [4.78, 5) is 11.1. The van der Waals surface area contributed by atoms with Crippen molar-refractivity contribution in [3.8, 4) is 0 Å². The van der Waals surface area contributed by atoms with E-state index in [0.29, 0.717) is 5.82 Å². The number of nitrogens with zero attached hydrogens (tertiary/aromatic N) is 3. The van der Waals surface area contributed by atoms with E-state index in [0.717, 1.165) is 0 Å². The second-order valence-corrected chi connectivity index (χ2v) is 2.92. The van der Waals surface area contributed by atoms with Gasteiger partial charge in [0.25, 0.3) is 0 Å². The van der Waals surface area contributed by atoms with Crippen LogP contribution in [0.15, 0.2) is 6.20 Å². The molecule has 0 fully saturated rings. The highest BCUT2D eigenvalue weighted by Crippen LogP contribution is 2.01. The molecule has 1 aromatic rings. The van der Waals surface area contributed by atoms with Crippen molar-refractivity contribution in [1.29, 1.82) is 0 Å². The molecule has 0 aromatic carbocycles. The van der Waals surface area contributed by atoms with Crippen LogP contribution in [0.1, 0.15) is 13.8 Å². The summed E-state index contributed by atoms with van der Waals surface area (Å²) in [5, 5.41) is 10.0. The first kappa shape index (κ1) is 8.70. The maximum Gasteiger partial charge on any atom is 0.228 e. The second-order valence-electron chi connectivity index (χ2n) is 2.92. The van der Waals surface area contributed by atoms with Crippen LogP contribution >= 0.6 is 0 Å². The number of aromatic nitrogens is 3. The Morgan fingerprint density at radius 2 is 2.33 bits per heavy atom. The lowest BCUT2D eigenvalue weighted by atomic mass is 10.2. The third kappa shape index (κ3) is 2.05. The fraction of sp³-hybridized carbons (Fsp3) is 0.571. The monoisotopic (exact) mass is 168 g/mol. The molecule has 0 saturated heterocycles. The van der Waals surface area contributed by atoms with Crippen molar-refractivity contribution in [2.45, 2.75) is 13.8 Å². The highest BCUT2D eigenvalue weighted by Gasteiger charge is 2.08. The molecule has 0 bridgehead atoms. The number of hydrogen-bond donors (Lipinski definition) is 1. The van der Waals surface area contributed by atoms with Gasteiger partial charge in [0.05, 0.1) is 6.20 Å². The van der Waals surface area contributed by atoms with Gasteiger partial charge < -0.3 is 5.32 Å². The third-order valence-corrected chi connectivity index (χ3v) is 1.38. The molecule has 0 aliphatic carbocycles. The summed E-state index contributed by atoms with van der Waals surface area (Å²) in [6, 6.07) is 0. The molecule has 5 heteroatoms. The highest BCUT2D eigenvalue weighted by atomic mass is 16.1. The minimum absolute atomic E-state index is 0.0352. The number of rotatable bonds is 2. The van der Waals surface area contributed by atoms with Crippen molar-refractivity contribution in [1.82, 2.24) is 15.0 Å². The molecule has 0 radical (unpaired) electrons. The van der Waals surface area contributed by atoms with Crippen LogP contribution in [0.25, 0.3) is 0 Å². The van der Waals surface area contributed by atoms with Crippen molar-refractivity contribution >= 4 is 11.7 Å². The Morgan fingerprint density at radius 1 is 1.67 bits per heavy atom. The van der Waals surface area contributed by atoms with Crippen LogP contribution in [0.3, 0.4) is 0 Å². The zero-order chi connectivity index (χ0) is 9.14. The number of amides is 1. The van der Waals surface area contributed by atoms with E-state index < -0.39 is 0 Å². The standard InChI is InChI=1S/C7H12N4O/c1-5(2)7(12)8-6-4-11(3)10-9-6/h4-5H,1-3H3,(H,8,12). The van der Waals surface area contributed by atoms with Crippen LogP contribution in [0, 0.1) is 5.92 Å². The molecule has 0 saturated carbocycles. The Kier molecular flexibility index (Phi) is 2.42. The van der Waals surface area contributed by atoms with Crippen molar-refractivity contribution in [2.75, 3.05) is 5.32 Å². The van der Waals surface area contributed by atoms with Crippen molar-refractivity contribution in [2.24, 2.45) is 13.0 Å². The Hall–Kier alpha value is -1.39. The summed E-state index contributed by atoms with van der Waals surface area (Å²) in [6.45, 7) is 3.65. The largest absolute Gasteiger partial charge is 0.308 e. The van der Waals surface area contributed by atoms with Crippen LogP contribution in [0.5, 0.6) is 0 Å². The first-order chi connectivity index (χ1) is 5.59. The Labute approximate surface area is 70.8 Å². The van der Waals surface area contributed by atoms with Gasteiger partial charge in [-0.05, 0) is 0 Å². The number of aryl methyl sites for hydroxylation is 1. The predicted molar refractivity (Wildman–Crippen MR) is 44.5 cm³/mol. The molecular formula is C7H12N4O. The molecular weight excluding hydrogens is 156 g/mol. The minimum Gasteiger partial charge on any atom is -0.308 e. The van der Waals surface area contributed by atoms with Gasteiger partial charge in [0.15, 0.2) is 5.82 Å². The molecule has 1 heterocycles. The molecule has 0 atom stereocenters. The van der Waals surface area contributed by atoms with E-state index in [-0.39, 0.29) is 11.8 Å². The van der Waals surface area contributed by atoms with Crippen LogP contribution in [0.4, 0.5) is 5.82 Å². The van der Waals surface area contributed by atoms with E-state index in [1.165, 1.54) is 4.68 Å². The molecule has 1 amide bonds. The maximum atomic E-state index is 11.1. The molecule has 1 rings (SSSR count). The molecule has 66 valence electrons. The van der Waals surface area contributed by atoms with Crippen molar-refractivity contribution < 1.29 is 4.79 Å². The van der Waals surface area contributed by atoms with E-state index in [1.54, 1.807) is 13.2 Å². The van der Waals surface area contributed by atoms with Crippen LogP contribution in [-0.2, 0) is 11.8 Å². The summed E-state index contributed by atoms with van der Waals surface area (Å²) in [5.74, 6) is 0.415. The summed E-state index contributed by atoms with van der Waals surface area (Å²) in [5.41, 5.74) is 0. The summed E-state index contributed by atoms with van der Waals surface area (Å²) in [7, 11) is 1.75. The number of carbonyl (C=O) groups excluding carboxylic acids is 1. The second kappa shape index (κ2) is 3.34. The van der Waals surface area contributed by atoms with Gasteiger partial charge in [0, 0.05) is 13.0 Å². The summed E-state index contributed by atoms with van der Waals surface area (Å²) >= 11 is 0. The molecule has 1 aromatic heterocycles. The lowest BCUT2D eigenvalue weighted by Crippen LogP contribution is -2.17. The number of hydrogen-bond acceptors (Lipinski definition) is 3. The summed E-state index contributed by atoms with van der Waals surface area (Å²) < 4.78 is 1.54. The maximum absolute atomic E-state index is 11.1. The Bertz CT molecular complexity index is 279. The van der Waals surface area contributed by atoms with Crippen LogP contribution in [-0.4, -0.2) is 20.9 Å². The van der Waals surface area contributed by atoms with Gasteiger partial charge in [-0.15, -0.1) is 5.10 Å². The van der Waals surface area contributed by atoms with E-state index in [1.807, 2.05) is 13.8 Å². The topological polar surface area (TPSA) is 59.8 Å². The first-order valence-electron chi connectivity index (χ1n) is 3.77. The minimum atomic E-state index is -0.0458. The van der Waals surface area contributed by atoms with E-state index in [9.17, 15) is 4.79 Å². The summed E-state index contributed by atoms with van der Waals surface area (Å²) in [6.07, 6.45) is 1.65. The van der Waals surface area contributed by atoms with Crippen molar-refractivity contribution in [3.63, 3.8) is 0 Å². The normalized spacial score (nSPS) is 10.3. The van der Waals surface area contributed by atoms with E-state index in [4.69, 9.17) is 0 Å². The van der Waals surface area contributed by atoms with Gasteiger partial charge in [-0.2, -0.15) is 0 Å². The number of nitrogens with one attached hydrogen (secondary N) is 1. The third-order valence-electron chi connectivity index (χ3n) is 1.38. The fourth-order valence-electron chi connectivity index (χ4n) is 0.675. The molecule has 0 spiro atoms. The lowest BCUT2D eigenvalue weighted by molar-refractivity contribution is -0.118. The molecule has 0 aliphatic heterocycles. The highest BCUT2D eigenvalue weighted by molar-refractivity contribution is 5.90. The van der Waals surface area contributed by atoms with E-state index in [2.05, 4.69) is 15.6 Å². The molecule has 0 aliphatic rings. The number of carbonyl (C=O) groups is 1. The molecule has 1 N–H and O–H groups in total. The average Bonchev–Trinajstić information content (AvgIpc) is 2.35. The van der Waals surface area contributed by atoms with Gasteiger partial charge >= 0.3 is 0 Å². The van der Waals surface area contributed by atoms with Gasteiger partial charge in [-0.25, -0.2) is 0 Å². The van der Waals surface area contributed by atoms with Gasteiger partial charge in [-0.1, -0.05) is 19.1 Å².